The lowest BCUT2D eigenvalue weighted by Gasteiger charge is -2.23. The van der Waals surface area contributed by atoms with Gasteiger partial charge in [-0.25, -0.2) is 9.97 Å². The Morgan fingerprint density at radius 2 is 2.19 bits per heavy atom. The predicted molar refractivity (Wildman–Crippen MR) is 62.6 cm³/mol. The highest BCUT2D eigenvalue weighted by molar-refractivity contribution is 5.40. The number of nitrogens with zero attached hydrogens (tertiary/aromatic N) is 3. The Labute approximate surface area is 94.7 Å². The van der Waals surface area contributed by atoms with Gasteiger partial charge in [-0.1, -0.05) is 0 Å². The van der Waals surface area contributed by atoms with Crippen LogP contribution in [0, 0.1) is 6.92 Å². The minimum absolute atomic E-state index is 0.567. The molecule has 0 radical (unpaired) electrons. The van der Waals surface area contributed by atoms with E-state index in [0.717, 1.165) is 24.4 Å². The van der Waals surface area contributed by atoms with Crippen LogP contribution in [0.4, 0.5) is 0 Å². The third-order valence-electron chi connectivity index (χ3n) is 3.25. The van der Waals surface area contributed by atoms with Crippen molar-refractivity contribution in [3.63, 3.8) is 0 Å². The Morgan fingerprint density at radius 1 is 1.38 bits per heavy atom. The van der Waals surface area contributed by atoms with E-state index in [-0.39, 0.29) is 0 Å². The van der Waals surface area contributed by atoms with E-state index in [1.807, 2.05) is 25.4 Å². The van der Waals surface area contributed by atoms with Crippen LogP contribution in [0.15, 0.2) is 18.5 Å². The lowest BCUT2D eigenvalue weighted by Crippen LogP contribution is -2.28. The summed E-state index contributed by atoms with van der Waals surface area (Å²) in [4.78, 5) is 9.03. The molecule has 1 saturated heterocycles. The second-order valence-electron chi connectivity index (χ2n) is 4.44. The monoisotopic (exact) mass is 216 g/mol. The molecule has 1 N–H and O–H groups in total. The lowest BCUT2D eigenvalue weighted by molar-refractivity contribution is 0.441. The van der Waals surface area contributed by atoms with Gasteiger partial charge < -0.3 is 5.32 Å². The summed E-state index contributed by atoms with van der Waals surface area (Å²) in [6.45, 7) is 4.23. The highest BCUT2D eigenvalue weighted by Gasteiger charge is 2.19. The van der Waals surface area contributed by atoms with E-state index in [2.05, 4.69) is 14.7 Å². The fraction of sp³-hybridized carbons (Fsp3) is 0.500. The SMILES string of the molecule is Cc1cc2nccn2c(C2CCNCC2)n1. The number of hydrogen-bond acceptors (Lipinski definition) is 3. The lowest BCUT2D eigenvalue weighted by atomic mass is 9.97. The molecule has 3 rings (SSSR count). The zero-order valence-electron chi connectivity index (χ0n) is 9.48. The molecule has 1 fully saturated rings. The van der Waals surface area contributed by atoms with Crippen LogP contribution in [-0.2, 0) is 0 Å². The molecular formula is C12H16N4. The Hall–Kier alpha value is -1.42. The van der Waals surface area contributed by atoms with Gasteiger partial charge >= 0.3 is 0 Å². The average Bonchev–Trinajstić information content (AvgIpc) is 2.77. The van der Waals surface area contributed by atoms with E-state index >= 15 is 0 Å². The van der Waals surface area contributed by atoms with Gasteiger partial charge in [0, 0.05) is 30.1 Å². The highest BCUT2D eigenvalue weighted by atomic mass is 15.1. The molecule has 1 aliphatic heterocycles. The van der Waals surface area contributed by atoms with Gasteiger partial charge in [-0.05, 0) is 32.9 Å². The zero-order chi connectivity index (χ0) is 11.0. The Kier molecular flexibility index (Phi) is 2.36. The predicted octanol–water partition coefficient (Wildman–Crippen LogP) is 1.50. The number of fused-ring (bicyclic) bond motifs is 1. The molecule has 0 bridgehead atoms. The average molecular weight is 216 g/mol. The molecule has 0 saturated carbocycles. The first-order chi connectivity index (χ1) is 7.84. The quantitative estimate of drug-likeness (QED) is 0.785. The third kappa shape index (κ3) is 1.59. The van der Waals surface area contributed by atoms with Crippen LogP contribution in [0.5, 0.6) is 0 Å². The molecule has 0 aromatic carbocycles. The highest BCUT2D eigenvalue weighted by Crippen LogP contribution is 2.24. The molecule has 84 valence electrons. The topological polar surface area (TPSA) is 42.2 Å². The van der Waals surface area contributed by atoms with Gasteiger partial charge in [0.05, 0.1) is 0 Å². The van der Waals surface area contributed by atoms with Crippen molar-refractivity contribution in [1.82, 2.24) is 19.7 Å². The first-order valence-electron chi connectivity index (χ1n) is 5.86. The van der Waals surface area contributed by atoms with Crippen molar-refractivity contribution >= 4 is 5.65 Å². The van der Waals surface area contributed by atoms with E-state index in [9.17, 15) is 0 Å². The number of rotatable bonds is 1. The zero-order valence-corrected chi connectivity index (χ0v) is 9.48. The Morgan fingerprint density at radius 3 is 3.00 bits per heavy atom. The van der Waals surface area contributed by atoms with Gasteiger partial charge in [-0.15, -0.1) is 0 Å². The maximum absolute atomic E-state index is 4.69. The van der Waals surface area contributed by atoms with Crippen molar-refractivity contribution in [2.45, 2.75) is 25.7 Å². The minimum Gasteiger partial charge on any atom is -0.317 e. The maximum Gasteiger partial charge on any atom is 0.139 e. The second kappa shape index (κ2) is 3.87. The molecule has 1 aliphatic rings. The Balaban J connectivity index is 2.09. The van der Waals surface area contributed by atoms with Crippen molar-refractivity contribution in [1.29, 1.82) is 0 Å². The van der Waals surface area contributed by atoms with Gasteiger partial charge in [0.15, 0.2) is 0 Å². The molecule has 3 heterocycles. The normalized spacial score (nSPS) is 18.1. The third-order valence-corrected chi connectivity index (χ3v) is 3.25. The summed E-state index contributed by atoms with van der Waals surface area (Å²) in [6.07, 6.45) is 6.20. The van der Waals surface area contributed by atoms with Gasteiger partial charge in [0.1, 0.15) is 11.5 Å². The molecule has 0 aliphatic carbocycles. The molecule has 0 amide bonds. The van der Waals surface area contributed by atoms with E-state index in [1.165, 1.54) is 18.7 Å². The molecule has 4 heteroatoms. The molecular weight excluding hydrogens is 200 g/mol. The van der Waals surface area contributed by atoms with Crippen LogP contribution in [-0.4, -0.2) is 27.5 Å². The van der Waals surface area contributed by atoms with Crippen LogP contribution in [0.3, 0.4) is 0 Å². The number of hydrogen-bond donors (Lipinski definition) is 1. The van der Waals surface area contributed by atoms with Crippen molar-refractivity contribution in [2.75, 3.05) is 13.1 Å². The second-order valence-corrected chi connectivity index (χ2v) is 4.44. The molecule has 0 atom stereocenters. The smallest absolute Gasteiger partial charge is 0.139 e. The van der Waals surface area contributed by atoms with Gasteiger partial charge in [-0.3, -0.25) is 4.40 Å². The molecule has 0 spiro atoms. The van der Waals surface area contributed by atoms with Gasteiger partial charge in [0.25, 0.3) is 0 Å². The van der Waals surface area contributed by atoms with Crippen molar-refractivity contribution < 1.29 is 0 Å². The summed E-state index contributed by atoms with van der Waals surface area (Å²) in [7, 11) is 0. The first kappa shape index (κ1) is 9.78. The van der Waals surface area contributed by atoms with Crippen LogP contribution in [0.25, 0.3) is 5.65 Å². The molecule has 2 aromatic heterocycles. The summed E-state index contributed by atoms with van der Waals surface area (Å²) >= 11 is 0. The number of imidazole rings is 1. The van der Waals surface area contributed by atoms with Crippen LogP contribution in [0.1, 0.15) is 30.3 Å². The van der Waals surface area contributed by atoms with Gasteiger partial charge in [0.2, 0.25) is 0 Å². The standard InChI is InChI=1S/C12H16N4/c1-9-8-11-14-6-7-16(11)12(15-9)10-2-4-13-5-3-10/h6-8,10,13H,2-5H2,1H3. The minimum atomic E-state index is 0.567. The first-order valence-corrected chi connectivity index (χ1v) is 5.86. The van der Waals surface area contributed by atoms with Gasteiger partial charge in [-0.2, -0.15) is 0 Å². The fourth-order valence-electron chi connectivity index (χ4n) is 2.44. The van der Waals surface area contributed by atoms with Crippen LogP contribution in [0.2, 0.25) is 0 Å². The molecule has 2 aromatic rings. The van der Waals surface area contributed by atoms with E-state index < -0.39 is 0 Å². The Bertz CT molecular complexity index is 497. The van der Waals surface area contributed by atoms with Crippen molar-refractivity contribution in [3.8, 4) is 0 Å². The number of nitrogens with one attached hydrogen (secondary N) is 1. The summed E-state index contributed by atoms with van der Waals surface area (Å²) in [5.41, 5.74) is 2.08. The number of piperidine rings is 1. The fourth-order valence-corrected chi connectivity index (χ4v) is 2.44. The molecule has 16 heavy (non-hydrogen) atoms. The maximum atomic E-state index is 4.69. The van der Waals surface area contributed by atoms with E-state index in [4.69, 9.17) is 4.98 Å². The summed E-state index contributed by atoms with van der Waals surface area (Å²) in [6, 6.07) is 2.03. The largest absolute Gasteiger partial charge is 0.317 e. The van der Waals surface area contributed by atoms with E-state index in [0.29, 0.717) is 5.92 Å². The molecule has 4 nitrogen and oxygen atoms in total. The van der Waals surface area contributed by atoms with Crippen molar-refractivity contribution in [3.05, 3.63) is 30.0 Å². The van der Waals surface area contributed by atoms with Crippen LogP contribution < -0.4 is 5.32 Å². The number of aromatic nitrogens is 3. The number of aryl methyl sites for hydroxylation is 1. The summed E-state index contributed by atoms with van der Waals surface area (Å²) < 4.78 is 2.13. The molecule has 0 unspecified atom stereocenters. The summed E-state index contributed by atoms with van der Waals surface area (Å²) in [5, 5.41) is 3.39. The van der Waals surface area contributed by atoms with Crippen molar-refractivity contribution in [2.24, 2.45) is 0 Å². The summed E-state index contributed by atoms with van der Waals surface area (Å²) in [5.74, 6) is 1.74. The van der Waals surface area contributed by atoms with Crippen LogP contribution >= 0.6 is 0 Å². The van der Waals surface area contributed by atoms with E-state index in [1.54, 1.807) is 0 Å².